The number of hydrogen-bond donors (Lipinski definition) is 2. The standard InChI is InChI=1S/C14H13N9S/c1-8-17-14(21-20-8)24-11-4-3-9-12(19-11)13(16-7-15-9)18-10-5-6-23(2)22-10/h3-7H,1-2H3,(H,17,20,21)(H,15,16,18,22). The molecule has 4 rings (SSSR count). The fourth-order valence-corrected chi connectivity index (χ4v) is 2.90. The molecule has 0 saturated heterocycles. The molecule has 10 heteroatoms. The van der Waals surface area contributed by atoms with Gasteiger partial charge in [0.15, 0.2) is 16.8 Å². The molecule has 0 unspecified atom stereocenters. The van der Waals surface area contributed by atoms with Crippen LogP contribution in [0.3, 0.4) is 0 Å². The molecular weight excluding hydrogens is 326 g/mol. The number of nitrogens with one attached hydrogen (secondary N) is 2. The molecule has 0 atom stereocenters. The third-order valence-corrected chi connectivity index (χ3v) is 4.01. The molecule has 0 aliphatic heterocycles. The molecule has 24 heavy (non-hydrogen) atoms. The van der Waals surface area contributed by atoms with Crippen molar-refractivity contribution < 1.29 is 0 Å². The molecule has 0 spiro atoms. The number of aromatic nitrogens is 8. The summed E-state index contributed by atoms with van der Waals surface area (Å²) in [6.07, 6.45) is 3.36. The van der Waals surface area contributed by atoms with E-state index >= 15 is 0 Å². The normalized spacial score (nSPS) is 11.1. The first-order chi connectivity index (χ1) is 11.7. The summed E-state index contributed by atoms with van der Waals surface area (Å²) in [6.45, 7) is 1.85. The minimum absolute atomic E-state index is 0.606. The lowest BCUT2D eigenvalue weighted by Crippen LogP contribution is -1.99. The SMILES string of the molecule is Cc1nnc(Sc2ccc3ncnc(Nc4ccn(C)n4)c3n2)[nH]1. The molecule has 0 aliphatic rings. The molecule has 0 aliphatic carbocycles. The fraction of sp³-hybridized carbons (Fsp3) is 0.143. The zero-order valence-corrected chi connectivity index (χ0v) is 13.7. The van der Waals surface area contributed by atoms with Crippen LogP contribution in [0.1, 0.15) is 5.82 Å². The number of anilines is 2. The second-order valence-electron chi connectivity index (χ2n) is 5.06. The van der Waals surface area contributed by atoms with Crippen LogP contribution in [0.2, 0.25) is 0 Å². The van der Waals surface area contributed by atoms with E-state index in [1.165, 1.54) is 18.1 Å². The number of pyridine rings is 1. The van der Waals surface area contributed by atoms with Gasteiger partial charge in [-0.3, -0.25) is 4.68 Å². The maximum absolute atomic E-state index is 4.64. The summed E-state index contributed by atoms with van der Waals surface area (Å²) in [6, 6.07) is 5.66. The number of rotatable bonds is 4. The Hall–Kier alpha value is -3.01. The van der Waals surface area contributed by atoms with Crippen molar-refractivity contribution in [3.05, 3.63) is 36.5 Å². The first kappa shape index (κ1) is 14.6. The van der Waals surface area contributed by atoms with Gasteiger partial charge in [-0.1, -0.05) is 0 Å². The number of nitrogens with zero attached hydrogens (tertiary/aromatic N) is 7. The molecule has 120 valence electrons. The van der Waals surface area contributed by atoms with E-state index in [0.29, 0.717) is 22.3 Å². The molecule has 0 saturated carbocycles. The highest BCUT2D eigenvalue weighted by Gasteiger charge is 2.10. The topological polar surface area (TPSA) is 110 Å². The average Bonchev–Trinajstić information content (AvgIpc) is 3.16. The second kappa shape index (κ2) is 5.89. The number of H-pyrrole nitrogens is 1. The lowest BCUT2D eigenvalue weighted by atomic mass is 10.3. The van der Waals surface area contributed by atoms with Gasteiger partial charge in [-0.15, -0.1) is 10.2 Å². The first-order valence-corrected chi connectivity index (χ1v) is 7.94. The summed E-state index contributed by atoms with van der Waals surface area (Å²) in [5.74, 6) is 2.07. The summed E-state index contributed by atoms with van der Waals surface area (Å²) in [5.41, 5.74) is 1.42. The smallest absolute Gasteiger partial charge is 0.194 e. The molecule has 4 aromatic rings. The van der Waals surface area contributed by atoms with Crippen LogP contribution in [0.15, 0.2) is 40.9 Å². The Morgan fingerprint density at radius 3 is 2.83 bits per heavy atom. The van der Waals surface area contributed by atoms with Crippen molar-refractivity contribution >= 4 is 34.4 Å². The van der Waals surface area contributed by atoms with Gasteiger partial charge in [0.05, 0.1) is 5.52 Å². The summed E-state index contributed by atoms with van der Waals surface area (Å²) < 4.78 is 1.71. The van der Waals surface area contributed by atoms with E-state index in [-0.39, 0.29) is 0 Å². The van der Waals surface area contributed by atoms with E-state index in [2.05, 4.69) is 40.5 Å². The Kier molecular flexibility index (Phi) is 3.58. The molecule has 0 aromatic carbocycles. The Bertz CT molecular complexity index is 1010. The minimum atomic E-state index is 0.606. The van der Waals surface area contributed by atoms with Crippen molar-refractivity contribution in [3.63, 3.8) is 0 Å². The van der Waals surface area contributed by atoms with Crippen molar-refractivity contribution in [2.75, 3.05) is 5.32 Å². The second-order valence-corrected chi connectivity index (χ2v) is 6.07. The van der Waals surface area contributed by atoms with Crippen LogP contribution in [0.25, 0.3) is 11.0 Å². The van der Waals surface area contributed by atoms with Crippen molar-refractivity contribution in [2.45, 2.75) is 17.1 Å². The molecule has 0 fully saturated rings. The predicted molar refractivity (Wildman–Crippen MR) is 89.1 cm³/mol. The molecule has 9 nitrogen and oxygen atoms in total. The zero-order chi connectivity index (χ0) is 16.5. The van der Waals surface area contributed by atoms with Crippen LogP contribution in [0.4, 0.5) is 11.6 Å². The largest absolute Gasteiger partial charge is 0.322 e. The van der Waals surface area contributed by atoms with E-state index in [0.717, 1.165) is 16.4 Å². The van der Waals surface area contributed by atoms with E-state index < -0.39 is 0 Å². The van der Waals surface area contributed by atoms with E-state index in [1.807, 2.05) is 38.4 Å². The van der Waals surface area contributed by atoms with Crippen LogP contribution in [-0.4, -0.2) is 39.9 Å². The van der Waals surface area contributed by atoms with Gasteiger partial charge in [0.1, 0.15) is 22.7 Å². The van der Waals surface area contributed by atoms with Crippen molar-refractivity contribution in [1.29, 1.82) is 0 Å². The van der Waals surface area contributed by atoms with Gasteiger partial charge in [-0.2, -0.15) is 5.10 Å². The molecule has 4 heterocycles. The van der Waals surface area contributed by atoms with Crippen LogP contribution in [-0.2, 0) is 7.05 Å². The summed E-state index contributed by atoms with van der Waals surface area (Å²) in [5, 5.41) is 16.9. The Balaban J connectivity index is 1.70. The van der Waals surface area contributed by atoms with Gasteiger partial charge in [-0.05, 0) is 30.8 Å². The third-order valence-electron chi connectivity index (χ3n) is 3.20. The van der Waals surface area contributed by atoms with Gasteiger partial charge < -0.3 is 10.3 Å². The van der Waals surface area contributed by atoms with Gasteiger partial charge in [-0.25, -0.2) is 15.0 Å². The number of aromatic amines is 1. The number of aryl methyl sites for hydroxylation is 2. The van der Waals surface area contributed by atoms with Crippen molar-refractivity contribution in [1.82, 2.24) is 39.9 Å². The molecule has 0 radical (unpaired) electrons. The average molecular weight is 339 g/mol. The number of hydrogen-bond acceptors (Lipinski definition) is 8. The van der Waals surface area contributed by atoms with E-state index in [4.69, 9.17) is 0 Å². The highest BCUT2D eigenvalue weighted by molar-refractivity contribution is 7.99. The van der Waals surface area contributed by atoms with E-state index in [9.17, 15) is 0 Å². The number of fused-ring (bicyclic) bond motifs is 1. The fourth-order valence-electron chi connectivity index (χ4n) is 2.14. The lowest BCUT2D eigenvalue weighted by molar-refractivity contribution is 0.771. The third kappa shape index (κ3) is 2.91. The van der Waals surface area contributed by atoms with Crippen LogP contribution >= 0.6 is 11.8 Å². The predicted octanol–water partition coefficient (Wildman–Crippen LogP) is 2.08. The Morgan fingerprint density at radius 1 is 1.17 bits per heavy atom. The molecule has 0 bridgehead atoms. The van der Waals surface area contributed by atoms with Crippen molar-refractivity contribution in [3.8, 4) is 0 Å². The summed E-state index contributed by atoms with van der Waals surface area (Å²) in [7, 11) is 1.86. The summed E-state index contributed by atoms with van der Waals surface area (Å²) in [4.78, 5) is 16.2. The van der Waals surface area contributed by atoms with Gasteiger partial charge >= 0.3 is 0 Å². The maximum Gasteiger partial charge on any atom is 0.194 e. The Labute approximate surface area is 141 Å². The molecule has 4 aromatic heterocycles. The maximum atomic E-state index is 4.64. The zero-order valence-electron chi connectivity index (χ0n) is 12.9. The van der Waals surface area contributed by atoms with Crippen LogP contribution in [0, 0.1) is 6.92 Å². The first-order valence-electron chi connectivity index (χ1n) is 7.13. The van der Waals surface area contributed by atoms with Crippen LogP contribution < -0.4 is 5.32 Å². The quantitative estimate of drug-likeness (QED) is 0.581. The highest BCUT2D eigenvalue weighted by atomic mass is 32.2. The summed E-state index contributed by atoms with van der Waals surface area (Å²) >= 11 is 1.40. The minimum Gasteiger partial charge on any atom is -0.322 e. The van der Waals surface area contributed by atoms with Crippen LogP contribution in [0.5, 0.6) is 0 Å². The van der Waals surface area contributed by atoms with Gasteiger partial charge in [0.25, 0.3) is 0 Å². The van der Waals surface area contributed by atoms with E-state index in [1.54, 1.807) is 4.68 Å². The van der Waals surface area contributed by atoms with Crippen molar-refractivity contribution in [2.24, 2.45) is 7.05 Å². The van der Waals surface area contributed by atoms with Gasteiger partial charge in [0.2, 0.25) is 0 Å². The lowest BCUT2D eigenvalue weighted by Gasteiger charge is -2.06. The monoisotopic (exact) mass is 339 g/mol. The molecule has 0 amide bonds. The molecular formula is C14H13N9S. The highest BCUT2D eigenvalue weighted by Crippen LogP contribution is 2.27. The molecule has 2 N–H and O–H groups in total. The Morgan fingerprint density at radius 2 is 2.08 bits per heavy atom. The van der Waals surface area contributed by atoms with Gasteiger partial charge in [0, 0.05) is 19.3 Å².